The normalized spacial score (nSPS) is 11.3. The van der Waals surface area contributed by atoms with Crippen molar-refractivity contribution in [1.82, 2.24) is 0 Å². The average Bonchev–Trinajstić information content (AvgIpc) is 2.68. The Morgan fingerprint density at radius 1 is 0.808 bits per heavy atom. The molecule has 0 radical (unpaired) electrons. The van der Waals surface area contributed by atoms with Crippen LogP contribution in [0.1, 0.15) is 5.56 Å². The second-order valence-electron chi connectivity index (χ2n) is 5.10. The third-order valence-corrected chi connectivity index (χ3v) is 10.0. The summed E-state index contributed by atoms with van der Waals surface area (Å²) in [5.41, 5.74) is 0.812. The summed E-state index contributed by atoms with van der Waals surface area (Å²) < 4.78 is 35.7. The molecule has 132 valence electrons. The summed E-state index contributed by atoms with van der Waals surface area (Å²) in [7, 11) is -3.86. The van der Waals surface area contributed by atoms with Crippen molar-refractivity contribution >= 4 is 46.3 Å². The fourth-order valence-electron chi connectivity index (χ4n) is 1.97. The van der Waals surface area contributed by atoms with Crippen LogP contribution in [0.25, 0.3) is 0 Å². The molecule has 0 aliphatic carbocycles. The van der Waals surface area contributed by atoms with Crippen LogP contribution >= 0.6 is 36.2 Å². The molecule has 0 heterocycles. The van der Waals surface area contributed by atoms with E-state index in [1.54, 1.807) is 18.2 Å². The summed E-state index contributed by atoms with van der Waals surface area (Å²) in [6, 6.07) is 25.0. The Kier molecular flexibility index (Phi) is 6.48. The van der Waals surface area contributed by atoms with Crippen LogP contribution in [0.3, 0.4) is 0 Å². The van der Waals surface area contributed by atoms with Gasteiger partial charge in [0.1, 0.15) is 0 Å². The van der Waals surface area contributed by atoms with Crippen LogP contribution in [0.2, 0.25) is 0 Å². The number of hydrogen-bond donors (Lipinski definition) is 0. The first-order valence-corrected chi connectivity index (χ1v) is 12.8. The maximum atomic E-state index is 12.6. The summed E-state index contributed by atoms with van der Waals surface area (Å²) >= 11 is 0.647. The van der Waals surface area contributed by atoms with Gasteiger partial charge in [0, 0.05) is 0 Å². The van der Waals surface area contributed by atoms with Crippen molar-refractivity contribution in [2.24, 2.45) is 0 Å². The molecule has 0 unspecified atom stereocenters. The van der Waals surface area contributed by atoms with Gasteiger partial charge < -0.3 is 0 Å². The van der Waals surface area contributed by atoms with Crippen molar-refractivity contribution < 1.29 is 10.9 Å². The van der Waals surface area contributed by atoms with E-state index in [9.17, 15) is 8.42 Å². The summed E-state index contributed by atoms with van der Waals surface area (Å²) in [4.78, 5) is 0.142. The molecule has 0 aliphatic rings. The van der Waals surface area contributed by atoms with Crippen LogP contribution in [0, 0.1) is 13.4 Å². The second kappa shape index (κ2) is 8.82. The predicted molar refractivity (Wildman–Crippen MR) is 115 cm³/mol. The fraction of sp³-hybridized carbons (Fsp3) is 0. The topological polar surface area (TPSA) is 43.4 Å². The van der Waals surface area contributed by atoms with E-state index in [0.717, 1.165) is 13.6 Å². The van der Waals surface area contributed by atoms with E-state index in [2.05, 4.69) is 25.8 Å². The summed E-state index contributed by atoms with van der Waals surface area (Å²) in [6.07, 6.45) is 0. The molecule has 3 aromatic rings. The second-order valence-corrected chi connectivity index (χ2v) is 11.8. The van der Waals surface area contributed by atoms with Crippen LogP contribution in [0.5, 0.6) is 0 Å². The number of benzene rings is 3. The number of halogens is 2. The summed E-state index contributed by atoms with van der Waals surface area (Å²) in [6.45, 7) is 0. The molecule has 0 atom stereocenters. The molecule has 3 aromatic carbocycles. The molecule has 0 bridgehead atoms. The monoisotopic (exact) mass is 540 g/mol. The van der Waals surface area contributed by atoms with E-state index in [-0.39, 0.29) is 4.90 Å². The van der Waals surface area contributed by atoms with Crippen molar-refractivity contribution in [2.45, 2.75) is 4.90 Å². The quantitative estimate of drug-likeness (QED) is 0.326. The first-order valence-electron chi connectivity index (χ1n) is 7.57. The van der Waals surface area contributed by atoms with Crippen LogP contribution in [0.15, 0.2) is 94.3 Å². The van der Waals surface area contributed by atoms with Gasteiger partial charge in [0.15, 0.2) is 0 Å². The molecule has 0 aliphatic heterocycles. The van der Waals surface area contributed by atoms with Crippen molar-refractivity contribution in [1.29, 1.82) is 0 Å². The van der Waals surface area contributed by atoms with E-state index >= 15 is 0 Å². The Morgan fingerprint density at radius 2 is 1.38 bits per heavy atom. The Bertz CT molecular complexity index is 1030. The molecule has 0 fully saturated rings. The zero-order valence-electron chi connectivity index (χ0n) is 13.5. The third-order valence-electron chi connectivity index (χ3n) is 3.23. The van der Waals surface area contributed by atoms with Crippen molar-refractivity contribution in [3.05, 3.63) is 98.5 Å². The molecular weight excluding hydrogens is 527 g/mol. The molecule has 3 nitrogen and oxygen atoms in total. The Labute approximate surface area is 169 Å². The van der Waals surface area contributed by atoms with Gasteiger partial charge >= 0.3 is 170 Å². The van der Waals surface area contributed by atoms with Gasteiger partial charge in [-0.05, 0) is 0 Å². The fourth-order valence-corrected chi connectivity index (χ4v) is 7.94. The Hall–Kier alpha value is -1.66. The van der Waals surface area contributed by atoms with E-state index in [4.69, 9.17) is 2.51 Å². The molecule has 6 heteroatoms. The minimum absolute atomic E-state index is 0.142. The van der Waals surface area contributed by atoms with Crippen molar-refractivity contribution in [3.8, 4) is 9.85 Å². The van der Waals surface area contributed by atoms with Gasteiger partial charge in [0.05, 0.1) is 0 Å². The standard InChI is InChI=1S/C20H14BrIO3S/c21-18-13-11-17(12-14-18)15-16-22(19-7-3-1-4-8-19)25-26(23,24)20-9-5-2-6-10-20/h1-14H. The molecular formula is C20H14BrIO3S. The van der Waals surface area contributed by atoms with Gasteiger partial charge in [-0.2, -0.15) is 0 Å². The third kappa shape index (κ3) is 5.17. The van der Waals surface area contributed by atoms with Gasteiger partial charge in [-0.1, -0.05) is 0 Å². The maximum absolute atomic E-state index is 12.6. The molecule has 0 N–H and O–H groups in total. The molecule has 0 saturated heterocycles. The van der Waals surface area contributed by atoms with Crippen LogP contribution in [0.4, 0.5) is 0 Å². The van der Waals surface area contributed by atoms with Crippen LogP contribution in [-0.4, -0.2) is 8.42 Å². The average molecular weight is 541 g/mol. The van der Waals surface area contributed by atoms with Gasteiger partial charge in [-0.25, -0.2) is 0 Å². The molecule has 0 saturated carbocycles. The first kappa shape index (κ1) is 19.1. The summed E-state index contributed by atoms with van der Waals surface area (Å²) in [5, 5.41) is 0. The van der Waals surface area contributed by atoms with Gasteiger partial charge in [0.2, 0.25) is 0 Å². The predicted octanol–water partition coefficient (Wildman–Crippen LogP) is 5.45. The number of rotatable bonds is 4. The van der Waals surface area contributed by atoms with Gasteiger partial charge in [-0.15, -0.1) is 0 Å². The van der Waals surface area contributed by atoms with Crippen LogP contribution < -0.4 is 0 Å². The Morgan fingerprint density at radius 3 is 2.00 bits per heavy atom. The molecule has 26 heavy (non-hydrogen) atoms. The summed E-state index contributed by atoms with van der Waals surface area (Å²) in [5.74, 6) is 3.05. The van der Waals surface area contributed by atoms with Gasteiger partial charge in [0.25, 0.3) is 0 Å². The SMILES string of the molecule is O=S(=O)(OI(C#Cc1ccc(Br)cc1)c1ccccc1)c1ccccc1. The zero-order chi connectivity index (χ0) is 18.4. The van der Waals surface area contributed by atoms with Crippen LogP contribution in [-0.2, 0) is 12.6 Å². The molecule has 0 amide bonds. The molecule has 3 rings (SSSR count). The molecule has 0 spiro atoms. The minimum atomic E-state index is -3.86. The molecule has 0 aromatic heterocycles. The van der Waals surface area contributed by atoms with Gasteiger partial charge in [-0.3, -0.25) is 0 Å². The van der Waals surface area contributed by atoms with E-state index in [1.165, 1.54) is 12.1 Å². The van der Waals surface area contributed by atoms with Crippen molar-refractivity contribution in [3.63, 3.8) is 0 Å². The number of hydrogen-bond acceptors (Lipinski definition) is 3. The zero-order valence-corrected chi connectivity index (χ0v) is 18.0. The van der Waals surface area contributed by atoms with Crippen molar-refractivity contribution in [2.75, 3.05) is 0 Å². The van der Waals surface area contributed by atoms with E-state index in [0.29, 0.717) is 0 Å². The van der Waals surface area contributed by atoms with E-state index < -0.39 is 30.4 Å². The first-order chi connectivity index (χ1) is 12.5. The van der Waals surface area contributed by atoms with E-state index in [1.807, 2.05) is 54.6 Å². The Balaban J connectivity index is 1.94.